The van der Waals surface area contributed by atoms with Gasteiger partial charge in [0, 0.05) is 34.1 Å². The van der Waals surface area contributed by atoms with E-state index in [2.05, 4.69) is 70.4 Å². The van der Waals surface area contributed by atoms with Crippen molar-refractivity contribution in [3.05, 3.63) is 58.3 Å². The van der Waals surface area contributed by atoms with E-state index in [-0.39, 0.29) is 0 Å². The minimum absolute atomic E-state index is 0.687. The van der Waals surface area contributed by atoms with Crippen molar-refractivity contribution in [3.63, 3.8) is 0 Å². The number of aromatic nitrogens is 1. The topological polar surface area (TPSA) is 24.9 Å². The molecule has 0 spiro atoms. The molecule has 1 heterocycles. The molecule has 0 aliphatic carbocycles. The second kappa shape index (κ2) is 8.57. The zero-order valence-electron chi connectivity index (χ0n) is 12.5. The fourth-order valence-corrected chi connectivity index (χ4v) is 3.26. The first-order valence-corrected chi connectivity index (χ1v) is 8.93. The van der Waals surface area contributed by atoms with E-state index in [9.17, 15) is 0 Å². The van der Waals surface area contributed by atoms with Crippen molar-refractivity contribution in [3.8, 4) is 0 Å². The van der Waals surface area contributed by atoms with Crippen molar-refractivity contribution in [2.45, 2.75) is 31.0 Å². The predicted molar refractivity (Wildman–Crippen MR) is 94.5 cm³/mol. The molecule has 1 N–H and O–H groups in total. The van der Waals surface area contributed by atoms with Gasteiger partial charge < -0.3 is 5.32 Å². The second-order valence-corrected chi connectivity index (χ2v) is 7.44. The van der Waals surface area contributed by atoms with Crippen molar-refractivity contribution in [1.82, 2.24) is 10.3 Å². The largest absolute Gasteiger partial charge is 0.312 e. The van der Waals surface area contributed by atoms with E-state index in [1.807, 2.05) is 24.2 Å². The standard InChI is InChI=1S/C17H21BrN2S/c1-13(2)8-19-9-14-4-3-5-17(7-14)21-12-15-6-16(18)11-20-10-15/h3-7,10-11,13,19H,8-9,12H2,1-2H3. The molecular formula is C17H21BrN2S. The van der Waals surface area contributed by atoms with Crippen LogP contribution in [-0.2, 0) is 12.3 Å². The molecule has 0 amide bonds. The first-order valence-electron chi connectivity index (χ1n) is 7.15. The Kier molecular flexibility index (Phi) is 6.74. The Balaban J connectivity index is 1.88. The lowest BCUT2D eigenvalue weighted by atomic mass is 10.2. The van der Waals surface area contributed by atoms with Gasteiger partial charge in [-0.1, -0.05) is 26.0 Å². The van der Waals surface area contributed by atoms with Gasteiger partial charge in [0.2, 0.25) is 0 Å². The second-order valence-electron chi connectivity index (χ2n) is 5.47. The number of hydrogen-bond donors (Lipinski definition) is 1. The summed E-state index contributed by atoms with van der Waals surface area (Å²) in [6.45, 7) is 6.45. The third kappa shape index (κ3) is 6.20. The molecule has 0 saturated heterocycles. The Morgan fingerprint density at radius 2 is 2.05 bits per heavy atom. The van der Waals surface area contributed by atoms with Crippen LogP contribution in [0.15, 0.2) is 52.1 Å². The highest BCUT2D eigenvalue weighted by molar-refractivity contribution is 9.10. The van der Waals surface area contributed by atoms with Gasteiger partial charge in [-0.25, -0.2) is 0 Å². The molecule has 0 bridgehead atoms. The Labute approximate surface area is 139 Å². The Morgan fingerprint density at radius 1 is 1.19 bits per heavy atom. The van der Waals surface area contributed by atoms with Crippen LogP contribution in [-0.4, -0.2) is 11.5 Å². The molecule has 0 saturated carbocycles. The number of hydrogen-bond acceptors (Lipinski definition) is 3. The van der Waals surface area contributed by atoms with Crippen LogP contribution in [0.1, 0.15) is 25.0 Å². The van der Waals surface area contributed by atoms with Crippen LogP contribution >= 0.6 is 27.7 Å². The van der Waals surface area contributed by atoms with Crippen molar-refractivity contribution >= 4 is 27.7 Å². The van der Waals surface area contributed by atoms with Gasteiger partial charge in [0.05, 0.1) is 0 Å². The van der Waals surface area contributed by atoms with Gasteiger partial charge in [0.1, 0.15) is 0 Å². The highest BCUT2D eigenvalue weighted by Gasteiger charge is 2.00. The number of nitrogens with one attached hydrogen (secondary N) is 1. The van der Waals surface area contributed by atoms with Crippen molar-refractivity contribution in [2.75, 3.05) is 6.54 Å². The summed E-state index contributed by atoms with van der Waals surface area (Å²) in [6.07, 6.45) is 3.74. The molecule has 0 fully saturated rings. The molecule has 0 aliphatic rings. The highest BCUT2D eigenvalue weighted by Crippen LogP contribution is 2.24. The number of pyridine rings is 1. The van der Waals surface area contributed by atoms with E-state index in [1.54, 1.807) is 0 Å². The minimum Gasteiger partial charge on any atom is -0.312 e. The molecule has 1 aromatic heterocycles. The molecule has 21 heavy (non-hydrogen) atoms. The smallest absolute Gasteiger partial charge is 0.0410 e. The summed E-state index contributed by atoms with van der Waals surface area (Å²) in [6, 6.07) is 10.9. The predicted octanol–water partition coefficient (Wildman–Crippen LogP) is 4.88. The quantitative estimate of drug-likeness (QED) is 0.708. The van der Waals surface area contributed by atoms with Gasteiger partial charge in [0.15, 0.2) is 0 Å². The molecule has 1 aromatic carbocycles. The zero-order chi connectivity index (χ0) is 15.1. The zero-order valence-corrected chi connectivity index (χ0v) is 14.9. The third-order valence-corrected chi connectivity index (χ3v) is 4.45. The van der Waals surface area contributed by atoms with Gasteiger partial charge in [-0.15, -0.1) is 11.8 Å². The summed E-state index contributed by atoms with van der Waals surface area (Å²) in [4.78, 5) is 5.51. The molecule has 4 heteroatoms. The summed E-state index contributed by atoms with van der Waals surface area (Å²) >= 11 is 5.31. The molecule has 0 radical (unpaired) electrons. The maximum Gasteiger partial charge on any atom is 0.0410 e. The molecule has 112 valence electrons. The van der Waals surface area contributed by atoms with E-state index in [1.165, 1.54) is 16.0 Å². The normalized spacial score (nSPS) is 11.0. The fourth-order valence-electron chi connectivity index (χ4n) is 1.95. The van der Waals surface area contributed by atoms with E-state index in [4.69, 9.17) is 0 Å². The van der Waals surface area contributed by atoms with E-state index >= 15 is 0 Å². The van der Waals surface area contributed by atoms with Crippen molar-refractivity contribution in [1.29, 1.82) is 0 Å². The van der Waals surface area contributed by atoms with Gasteiger partial charge in [-0.2, -0.15) is 0 Å². The van der Waals surface area contributed by atoms with E-state index in [0.29, 0.717) is 5.92 Å². The maximum atomic E-state index is 4.20. The number of benzene rings is 1. The summed E-state index contributed by atoms with van der Waals surface area (Å²) < 4.78 is 1.03. The number of halogens is 1. The van der Waals surface area contributed by atoms with Crippen LogP contribution in [0.3, 0.4) is 0 Å². The van der Waals surface area contributed by atoms with Gasteiger partial charge in [-0.3, -0.25) is 4.98 Å². The first kappa shape index (κ1) is 16.5. The number of rotatable bonds is 7. The highest BCUT2D eigenvalue weighted by atomic mass is 79.9. The lowest BCUT2D eigenvalue weighted by molar-refractivity contribution is 0.552. The van der Waals surface area contributed by atoms with E-state index < -0.39 is 0 Å². The monoisotopic (exact) mass is 364 g/mol. The van der Waals surface area contributed by atoms with Crippen LogP contribution in [0.25, 0.3) is 0 Å². The Bertz CT molecular complexity index is 572. The summed E-state index contributed by atoms with van der Waals surface area (Å²) in [7, 11) is 0. The molecule has 0 unspecified atom stereocenters. The average Bonchev–Trinajstić information content (AvgIpc) is 2.45. The molecule has 0 atom stereocenters. The van der Waals surface area contributed by atoms with Crippen LogP contribution in [0.5, 0.6) is 0 Å². The lowest BCUT2D eigenvalue weighted by Gasteiger charge is -2.09. The molecular weight excluding hydrogens is 344 g/mol. The molecule has 2 rings (SSSR count). The lowest BCUT2D eigenvalue weighted by Crippen LogP contribution is -2.18. The van der Waals surface area contributed by atoms with Crippen LogP contribution in [0, 0.1) is 5.92 Å². The van der Waals surface area contributed by atoms with Crippen molar-refractivity contribution in [2.24, 2.45) is 5.92 Å². The van der Waals surface area contributed by atoms with Gasteiger partial charge >= 0.3 is 0 Å². The average molecular weight is 365 g/mol. The maximum absolute atomic E-state index is 4.20. The van der Waals surface area contributed by atoms with Gasteiger partial charge in [0.25, 0.3) is 0 Å². The molecule has 2 aromatic rings. The summed E-state index contributed by atoms with van der Waals surface area (Å²) in [5.41, 5.74) is 2.57. The van der Waals surface area contributed by atoms with Crippen LogP contribution < -0.4 is 5.32 Å². The van der Waals surface area contributed by atoms with Gasteiger partial charge in [-0.05, 0) is 57.7 Å². The first-order chi connectivity index (χ1) is 10.1. The number of nitrogens with zero attached hydrogens (tertiary/aromatic N) is 1. The Hall–Kier alpha value is -0.840. The molecule has 0 aliphatic heterocycles. The fraction of sp³-hybridized carbons (Fsp3) is 0.353. The van der Waals surface area contributed by atoms with Crippen molar-refractivity contribution < 1.29 is 0 Å². The summed E-state index contributed by atoms with van der Waals surface area (Å²) in [5.74, 6) is 1.63. The SMILES string of the molecule is CC(C)CNCc1cccc(SCc2cncc(Br)c2)c1. The Morgan fingerprint density at radius 3 is 2.81 bits per heavy atom. The summed E-state index contributed by atoms with van der Waals surface area (Å²) in [5, 5.41) is 3.48. The number of thioether (sulfide) groups is 1. The minimum atomic E-state index is 0.687. The van der Waals surface area contributed by atoms with Crippen LogP contribution in [0.4, 0.5) is 0 Å². The molecule has 2 nitrogen and oxygen atoms in total. The van der Waals surface area contributed by atoms with E-state index in [0.717, 1.165) is 23.3 Å². The third-order valence-electron chi connectivity index (χ3n) is 2.95. The van der Waals surface area contributed by atoms with Crippen LogP contribution in [0.2, 0.25) is 0 Å².